The summed E-state index contributed by atoms with van der Waals surface area (Å²) in [5.41, 5.74) is 0. The molecule has 7 heteroatoms. The highest BCUT2D eigenvalue weighted by Crippen LogP contribution is 2.20. The van der Waals surface area contributed by atoms with Gasteiger partial charge in [-0.2, -0.15) is 0 Å². The zero-order valence-corrected chi connectivity index (χ0v) is 31.6. The van der Waals surface area contributed by atoms with Gasteiger partial charge in [0.15, 0.2) is 6.61 Å². The van der Waals surface area contributed by atoms with Crippen LogP contribution in [0.1, 0.15) is 194 Å². The Labute approximate surface area is 291 Å². The fourth-order valence-electron chi connectivity index (χ4n) is 6.86. The highest BCUT2D eigenvalue weighted by Gasteiger charge is 2.31. The summed E-state index contributed by atoms with van der Waals surface area (Å²) in [6.07, 6.45) is 31.8. The molecular weight excluding hydrogens is 586 g/mol. The highest BCUT2D eigenvalue weighted by molar-refractivity contribution is 5.89. The lowest BCUT2D eigenvalue weighted by Crippen LogP contribution is -2.53. The topological polar surface area (TPSA) is 79.0 Å². The van der Waals surface area contributed by atoms with Gasteiger partial charge in [0, 0.05) is 19.0 Å². The molecule has 1 aliphatic rings. The lowest BCUT2D eigenvalue weighted by molar-refractivity contribution is -0.154. The first kappa shape index (κ1) is 43.4. The molecule has 7 nitrogen and oxygen atoms in total. The van der Waals surface area contributed by atoms with Crippen LogP contribution in [0, 0.1) is 0 Å². The largest absolute Gasteiger partial charge is 0.456 e. The van der Waals surface area contributed by atoms with Crippen molar-refractivity contribution in [2.75, 3.05) is 33.8 Å². The summed E-state index contributed by atoms with van der Waals surface area (Å²) in [6, 6.07) is -0.326. The SMILES string of the molecule is CCCCCCCCCCCCCCCC(=O)OCC(=O)N(CCCN(C)C)C(CCCCCCCC)C(=O)NC1CCCCCC1. The maximum atomic E-state index is 13.8. The quantitative estimate of drug-likeness (QED) is 0.0470. The Morgan fingerprint density at radius 2 is 1.13 bits per heavy atom. The Morgan fingerprint density at radius 3 is 1.64 bits per heavy atom. The van der Waals surface area contributed by atoms with E-state index in [0.29, 0.717) is 19.4 Å². The van der Waals surface area contributed by atoms with E-state index in [1.165, 1.54) is 96.3 Å². The van der Waals surface area contributed by atoms with E-state index in [4.69, 9.17) is 4.74 Å². The average molecular weight is 664 g/mol. The second kappa shape index (κ2) is 30.4. The monoisotopic (exact) mass is 664 g/mol. The summed E-state index contributed by atoms with van der Waals surface area (Å²) < 4.78 is 5.51. The first-order chi connectivity index (χ1) is 22.9. The van der Waals surface area contributed by atoms with Crippen LogP contribution in [0.4, 0.5) is 0 Å². The number of rotatable bonds is 30. The minimum Gasteiger partial charge on any atom is -0.456 e. The molecule has 0 spiro atoms. The van der Waals surface area contributed by atoms with E-state index in [2.05, 4.69) is 24.1 Å². The van der Waals surface area contributed by atoms with Crippen molar-refractivity contribution < 1.29 is 19.1 Å². The van der Waals surface area contributed by atoms with Crippen molar-refractivity contribution in [2.45, 2.75) is 206 Å². The Morgan fingerprint density at radius 1 is 0.638 bits per heavy atom. The number of carbonyl (C=O) groups is 3. The molecule has 1 atom stereocenters. The molecule has 0 saturated heterocycles. The third kappa shape index (κ3) is 24.2. The zero-order valence-electron chi connectivity index (χ0n) is 31.6. The Kier molecular flexibility index (Phi) is 28.1. The van der Waals surface area contributed by atoms with Gasteiger partial charge in [-0.1, -0.05) is 155 Å². The molecule has 1 N–H and O–H groups in total. The van der Waals surface area contributed by atoms with Crippen LogP contribution >= 0.6 is 0 Å². The number of hydrogen-bond acceptors (Lipinski definition) is 5. The van der Waals surface area contributed by atoms with Crippen LogP contribution in [0.2, 0.25) is 0 Å². The van der Waals surface area contributed by atoms with Gasteiger partial charge in [-0.3, -0.25) is 14.4 Å². The predicted molar refractivity (Wildman–Crippen MR) is 198 cm³/mol. The van der Waals surface area contributed by atoms with Crippen molar-refractivity contribution in [1.82, 2.24) is 15.1 Å². The maximum absolute atomic E-state index is 13.8. The number of carbonyl (C=O) groups excluding carboxylic acids is 3. The van der Waals surface area contributed by atoms with Crippen molar-refractivity contribution in [3.8, 4) is 0 Å². The number of unbranched alkanes of at least 4 members (excludes halogenated alkanes) is 17. The van der Waals surface area contributed by atoms with Crippen LogP contribution < -0.4 is 5.32 Å². The smallest absolute Gasteiger partial charge is 0.306 e. The van der Waals surface area contributed by atoms with Gasteiger partial charge in [-0.25, -0.2) is 0 Å². The van der Waals surface area contributed by atoms with Gasteiger partial charge in [-0.05, 0) is 52.7 Å². The zero-order chi connectivity index (χ0) is 34.4. The second-order valence-electron chi connectivity index (χ2n) is 14.7. The summed E-state index contributed by atoms with van der Waals surface area (Å²) in [4.78, 5) is 43.9. The van der Waals surface area contributed by atoms with E-state index in [0.717, 1.165) is 77.2 Å². The van der Waals surface area contributed by atoms with Gasteiger partial charge in [0.25, 0.3) is 5.91 Å². The second-order valence-corrected chi connectivity index (χ2v) is 14.7. The molecule has 0 bridgehead atoms. The molecule has 0 aliphatic heterocycles. The number of hydrogen-bond donors (Lipinski definition) is 1. The Hall–Kier alpha value is -1.63. The predicted octanol–water partition coefficient (Wildman–Crippen LogP) is 9.75. The third-order valence-electron chi connectivity index (χ3n) is 9.88. The van der Waals surface area contributed by atoms with Gasteiger partial charge in [0.1, 0.15) is 6.04 Å². The van der Waals surface area contributed by atoms with Gasteiger partial charge in [0.05, 0.1) is 0 Å². The minimum atomic E-state index is -0.515. The van der Waals surface area contributed by atoms with Gasteiger partial charge >= 0.3 is 5.97 Å². The van der Waals surface area contributed by atoms with Crippen molar-refractivity contribution in [2.24, 2.45) is 0 Å². The Balaban J connectivity index is 2.58. The molecule has 0 aromatic rings. The molecule has 0 heterocycles. The van der Waals surface area contributed by atoms with Crippen molar-refractivity contribution in [1.29, 1.82) is 0 Å². The molecule has 1 aliphatic carbocycles. The molecule has 0 aromatic carbocycles. The fraction of sp³-hybridized carbons (Fsp3) is 0.925. The number of nitrogens with one attached hydrogen (secondary N) is 1. The normalized spacial score (nSPS) is 14.6. The van der Waals surface area contributed by atoms with Crippen molar-refractivity contribution >= 4 is 17.8 Å². The molecule has 1 saturated carbocycles. The summed E-state index contributed by atoms with van der Waals surface area (Å²) in [5, 5.41) is 3.34. The van der Waals surface area contributed by atoms with Gasteiger partial charge in [0.2, 0.25) is 5.91 Å². The van der Waals surface area contributed by atoms with E-state index in [1.807, 2.05) is 14.1 Å². The average Bonchev–Trinajstić information content (AvgIpc) is 3.32. The number of nitrogens with zero attached hydrogens (tertiary/aromatic N) is 2. The van der Waals surface area contributed by atoms with Crippen molar-refractivity contribution in [3.63, 3.8) is 0 Å². The Bertz CT molecular complexity index is 767. The van der Waals surface area contributed by atoms with Crippen LogP contribution in [-0.4, -0.2) is 73.5 Å². The standard InChI is InChI=1S/C40H77N3O4/c1-5-7-9-11-13-14-15-16-17-18-19-21-27-32-39(45)47-35-38(44)43(34-28-33-42(3)4)37(31-26-20-12-10-8-6-2)40(46)41-36-29-24-22-23-25-30-36/h36-37H,5-35H2,1-4H3,(H,41,46). The molecule has 0 radical (unpaired) electrons. The first-order valence-electron chi connectivity index (χ1n) is 20.3. The summed E-state index contributed by atoms with van der Waals surface area (Å²) >= 11 is 0. The van der Waals surface area contributed by atoms with Crippen LogP contribution in [-0.2, 0) is 19.1 Å². The van der Waals surface area contributed by atoms with E-state index in [1.54, 1.807) is 4.90 Å². The van der Waals surface area contributed by atoms with Gasteiger partial charge < -0.3 is 19.9 Å². The molecule has 2 amide bonds. The molecule has 1 rings (SSSR count). The van der Waals surface area contributed by atoms with Crippen molar-refractivity contribution in [3.05, 3.63) is 0 Å². The van der Waals surface area contributed by atoms with Gasteiger partial charge in [-0.15, -0.1) is 0 Å². The summed E-state index contributed by atoms with van der Waals surface area (Å²) in [7, 11) is 4.05. The van der Waals surface area contributed by atoms with E-state index in [-0.39, 0.29) is 30.4 Å². The molecule has 276 valence electrons. The van der Waals surface area contributed by atoms with Crippen LogP contribution in [0.15, 0.2) is 0 Å². The summed E-state index contributed by atoms with van der Waals surface area (Å²) in [6.45, 7) is 5.53. The molecule has 47 heavy (non-hydrogen) atoms. The van der Waals surface area contributed by atoms with Crippen LogP contribution in [0.5, 0.6) is 0 Å². The highest BCUT2D eigenvalue weighted by atomic mass is 16.5. The van der Waals surface area contributed by atoms with E-state index < -0.39 is 6.04 Å². The number of amides is 2. The van der Waals surface area contributed by atoms with E-state index in [9.17, 15) is 14.4 Å². The molecule has 1 unspecified atom stereocenters. The van der Waals surface area contributed by atoms with Crippen LogP contribution in [0.25, 0.3) is 0 Å². The lowest BCUT2D eigenvalue weighted by Gasteiger charge is -2.32. The molecule has 0 aromatic heterocycles. The van der Waals surface area contributed by atoms with Crippen LogP contribution in [0.3, 0.4) is 0 Å². The summed E-state index contributed by atoms with van der Waals surface area (Å²) in [5.74, 6) is -0.568. The molecular formula is C40H77N3O4. The first-order valence-corrected chi connectivity index (χ1v) is 20.3. The van der Waals surface area contributed by atoms with E-state index >= 15 is 0 Å². The third-order valence-corrected chi connectivity index (χ3v) is 9.88. The minimum absolute atomic E-state index is 0.0260. The maximum Gasteiger partial charge on any atom is 0.306 e. The number of esters is 1. The fourth-order valence-corrected chi connectivity index (χ4v) is 6.86. The molecule has 1 fully saturated rings. The lowest BCUT2D eigenvalue weighted by atomic mass is 10.0. The number of ether oxygens (including phenoxy) is 1.